The van der Waals surface area contributed by atoms with E-state index in [2.05, 4.69) is 20.7 Å². The average molecular weight is 226 g/mol. The third-order valence-corrected chi connectivity index (χ3v) is 2.29. The Morgan fingerprint density at radius 2 is 1.88 bits per heavy atom. The molecule has 0 bridgehead atoms. The van der Waals surface area contributed by atoms with E-state index in [1.807, 2.05) is 50.2 Å². The van der Waals surface area contributed by atoms with Crippen LogP contribution < -0.4 is 5.43 Å². The van der Waals surface area contributed by atoms with Gasteiger partial charge in [-0.3, -0.25) is 5.43 Å². The third-order valence-electron chi connectivity index (χ3n) is 2.29. The quantitative estimate of drug-likeness (QED) is 0.646. The average Bonchev–Trinajstić information content (AvgIpc) is 2.33. The Morgan fingerprint density at radius 3 is 2.59 bits per heavy atom. The van der Waals surface area contributed by atoms with Crippen LogP contribution in [0.1, 0.15) is 16.8 Å². The van der Waals surface area contributed by atoms with Gasteiger partial charge in [0, 0.05) is 0 Å². The van der Waals surface area contributed by atoms with Gasteiger partial charge in [-0.1, -0.05) is 30.3 Å². The lowest BCUT2D eigenvalue weighted by molar-refractivity contribution is 0.962. The molecular formula is C13H14N4. The monoisotopic (exact) mass is 226 g/mol. The van der Waals surface area contributed by atoms with Gasteiger partial charge in [0.1, 0.15) is 0 Å². The van der Waals surface area contributed by atoms with Crippen LogP contribution in [0.15, 0.2) is 41.5 Å². The molecule has 0 atom stereocenters. The summed E-state index contributed by atoms with van der Waals surface area (Å²) in [5, 5.41) is 12.1. The lowest BCUT2D eigenvalue weighted by Crippen LogP contribution is -1.99. The third kappa shape index (κ3) is 3.11. The van der Waals surface area contributed by atoms with Crippen molar-refractivity contribution >= 4 is 12.0 Å². The Morgan fingerprint density at radius 1 is 1.12 bits per heavy atom. The van der Waals surface area contributed by atoms with Gasteiger partial charge in [0.2, 0.25) is 0 Å². The fraction of sp³-hybridized carbons (Fsp3) is 0.154. The van der Waals surface area contributed by atoms with E-state index in [1.165, 1.54) is 0 Å². The maximum atomic E-state index is 4.12. The first kappa shape index (κ1) is 11.3. The molecule has 1 heterocycles. The summed E-state index contributed by atoms with van der Waals surface area (Å²) in [6.07, 6.45) is 1.75. The molecule has 1 N–H and O–H groups in total. The van der Waals surface area contributed by atoms with Gasteiger partial charge in [-0.25, -0.2) is 0 Å². The highest BCUT2D eigenvalue weighted by atomic mass is 15.3. The highest BCUT2D eigenvalue weighted by Crippen LogP contribution is 2.09. The molecule has 2 rings (SSSR count). The van der Waals surface area contributed by atoms with Crippen LogP contribution in [0, 0.1) is 13.8 Å². The summed E-state index contributed by atoms with van der Waals surface area (Å²) in [5.41, 5.74) is 5.86. The topological polar surface area (TPSA) is 50.2 Å². The van der Waals surface area contributed by atoms with Crippen LogP contribution in [0.2, 0.25) is 0 Å². The van der Waals surface area contributed by atoms with Gasteiger partial charge in [0.25, 0.3) is 0 Å². The molecule has 0 radical (unpaired) electrons. The molecule has 4 nitrogen and oxygen atoms in total. The zero-order valence-corrected chi connectivity index (χ0v) is 9.88. The second-order valence-corrected chi connectivity index (χ2v) is 3.80. The van der Waals surface area contributed by atoms with E-state index in [4.69, 9.17) is 0 Å². The number of nitrogens with zero attached hydrogens (tertiary/aromatic N) is 3. The first-order valence-electron chi connectivity index (χ1n) is 5.41. The molecular weight excluding hydrogens is 212 g/mol. The first-order chi connectivity index (χ1) is 8.25. The molecule has 2 aromatic rings. The number of aromatic nitrogens is 2. The van der Waals surface area contributed by atoms with Crippen molar-refractivity contribution in [1.29, 1.82) is 0 Å². The first-order valence-corrected chi connectivity index (χ1v) is 5.41. The smallest absolute Gasteiger partial charge is 0.171 e. The largest absolute Gasteiger partial charge is 0.260 e. The Labute approximate surface area is 100 Å². The van der Waals surface area contributed by atoms with Crippen molar-refractivity contribution < 1.29 is 0 Å². The number of anilines is 1. The number of nitrogens with one attached hydrogen (secondary N) is 1. The van der Waals surface area contributed by atoms with Crippen LogP contribution in [0.5, 0.6) is 0 Å². The van der Waals surface area contributed by atoms with Gasteiger partial charge in [-0.05, 0) is 31.0 Å². The van der Waals surface area contributed by atoms with Crippen LogP contribution in [-0.2, 0) is 0 Å². The minimum atomic E-state index is 0.683. The molecule has 4 heteroatoms. The van der Waals surface area contributed by atoms with E-state index in [9.17, 15) is 0 Å². The minimum Gasteiger partial charge on any atom is -0.260 e. The molecule has 1 aromatic heterocycles. The summed E-state index contributed by atoms with van der Waals surface area (Å²) in [6.45, 7) is 3.89. The highest BCUT2D eigenvalue weighted by Gasteiger charge is 1.98. The van der Waals surface area contributed by atoms with Crippen molar-refractivity contribution in [2.75, 3.05) is 5.43 Å². The Kier molecular flexibility index (Phi) is 3.45. The standard InChI is InChI=1S/C13H14N4/c1-10-8-11(2)15-17-13(10)16-14-9-12-6-4-3-5-7-12/h3-9H,1-2H3,(H,16,17)/b14-9-. The van der Waals surface area contributed by atoms with Crippen molar-refractivity contribution in [3.63, 3.8) is 0 Å². The Bertz CT molecular complexity index is 520. The van der Waals surface area contributed by atoms with Gasteiger partial charge in [-0.2, -0.15) is 10.2 Å². The van der Waals surface area contributed by atoms with Crippen molar-refractivity contribution in [2.45, 2.75) is 13.8 Å². The maximum Gasteiger partial charge on any atom is 0.171 e. The van der Waals surface area contributed by atoms with Crippen LogP contribution in [0.25, 0.3) is 0 Å². The van der Waals surface area contributed by atoms with Crippen molar-refractivity contribution in [1.82, 2.24) is 10.2 Å². The summed E-state index contributed by atoms with van der Waals surface area (Å²) in [6, 6.07) is 11.8. The molecule has 0 amide bonds. The Hall–Kier alpha value is -2.23. The van der Waals surface area contributed by atoms with Gasteiger partial charge >= 0.3 is 0 Å². The van der Waals surface area contributed by atoms with Crippen molar-refractivity contribution in [3.05, 3.63) is 53.2 Å². The molecule has 17 heavy (non-hydrogen) atoms. The minimum absolute atomic E-state index is 0.683. The molecule has 0 fully saturated rings. The number of hydrazone groups is 1. The van der Waals surface area contributed by atoms with E-state index in [-0.39, 0.29) is 0 Å². The van der Waals surface area contributed by atoms with Crippen molar-refractivity contribution in [2.24, 2.45) is 5.10 Å². The van der Waals surface area contributed by atoms with E-state index >= 15 is 0 Å². The van der Waals surface area contributed by atoms with E-state index in [0.29, 0.717) is 5.82 Å². The summed E-state index contributed by atoms with van der Waals surface area (Å²) in [5.74, 6) is 0.683. The van der Waals surface area contributed by atoms with Crippen LogP contribution in [0.4, 0.5) is 5.82 Å². The molecule has 0 aliphatic carbocycles. The molecule has 0 saturated heterocycles. The predicted octanol–water partition coefficient (Wildman–Crippen LogP) is 2.54. The van der Waals surface area contributed by atoms with Crippen LogP contribution in [-0.4, -0.2) is 16.4 Å². The molecule has 1 aromatic carbocycles. The summed E-state index contributed by atoms with van der Waals surface area (Å²) in [7, 11) is 0. The fourth-order valence-electron chi connectivity index (χ4n) is 1.44. The summed E-state index contributed by atoms with van der Waals surface area (Å²) < 4.78 is 0. The highest BCUT2D eigenvalue weighted by molar-refractivity contribution is 5.79. The molecule has 0 unspecified atom stereocenters. The molecule has 0 spiro atoms. The second-order valence-electron chi connectivity index (χ2n) is 3.80. The van der Waals surface area contributed by atoms with Gasteiger partial charge < -0.3 is 0 Å². The normalized spacial score (nSPS) is 10.7. The Balaban J connectivity index is 2.05. The zero-order valence-electron chi connectivity index (χ0n) is 9.88. The van der Waals surface area contributed by atoms with E-state index < -0.39 is 0 Å². The van der Waals surface area contributed by atoms with Gasteiger partial charge in [-0.15, -0.1) is 5.10 Å². The number of hydrogen-bond donors (Lipinski definition) is 1. The molecule has 0 aliphatic heterocycles. The van der Waals surface area contributed by atoms with E-state index in [1.54, 1.807) is 6.21 Å². The second kappa shape index (κ2) is 5.21. The van der Waals surface area contributed by atoms with Gasteiger partial charge in [0.15, 0.2) is 5.82 Å². The molecule has 0 saturated carbocycles. The predicted molar refractivity (Wildman–Crippen MR) is 69.2 cm³/mol. The molecule has 86 valence electrons. The summed E-state index contributed by atoms with van der Waals surface area (Å²) >= 11 is 0. The lowest BCUT2D eigenvalue weighted by atomic mass is 10.2. The fourth-order valence-corrected chi connectivity index (χ4v) is 1.44. The zero-order chi connectivity index (χ0) is 12.1. The number of rotatable bonds is 3. The number of aryl methyl sites for hydroxylation is 2. The van der Waals surface area contributed by atoms with Crippen molar-refractivity contribution in [3.8, 4) is 0 Å². The van der Waals surface area contributed by atoms with Crippen LogP contribution >= 0.6 is 0 Å². The van der Waals surface area contributed by atoms with Gasteiger partial charge in [0.05, 0.1) is 11.9 Å². The lowest BCUT2D eigenvalue weighted by Gasteiger charge is -2.02. The molecule has 0 aliphatic rings. The summed E-state index contributed by atoms with van der Waals surface area (Å²) in [4.78, 5) is 0. The SMILES string of the molecule is Cc1cc(C)c(N/N=C\c2ccccc2)nn1. The van der Waals surface area contributed by atoms with E-state index in [0.717, 1.165) is 16.8 Å². The maximum absolute atomic E-state index is 4.12. The number of benzene rings is 1. The van der Waals surface area contributed by atoms with Crippen LogP contribution in [0.3, 0.4) is 0 Å². The number of hydrogen-bond acceptors (Lipinski definition) is 4.